The minimum absolute atomic E-state index is 0.0398. The second-order valence-corrected chi connectivity index (χ2v) is 5.82. The molecule has 2 aromatic carbocycles. The predicted octanol–water partition coefficient (Wildman–Crippen LogP) is 3.15. The molecule has 2 N–H and O–H groups in total. The zero-order valence-corrected chi connectivity index (χ0v) is 13.2. The van der Waals surface area contributed by atoms with Gasteiger partial charge in [-0.15, -0.1) is 0 Å². The number of aromatic amines is 1. The van der Waals surface area contributed by atoms with Gasteiger partial charge in [-0.25, -0.2) is 0 Å². The summed E-state index contributed by atoms with van der Waals surface area (Å²) in [6.07, 6.45) is 3.07. The summed E-state index contributed by atoms with van der Waals surface area (Å²) in [4.78, 5) is 15.3. The molecule has 1 aromatic heterocycles. The molecular weight excluding hydrogens is 304 g/mol. The fourth-order valence-electron chi connectivity index (χ4n) is 2.91. The Morgan fingerprint density at radius 3 is 2.96 bits per heavy atom. The molecule has 0 unspecified atom stereocenters. The van der Waals surface area contributed by atoms with Gasteiger partial charge in [0, 0.05) is 30.1 Å². The van der Waals surface area contributed by atoms with Gasteiger partial charge < -0.3 is 19.8 Å². The van der Waals surface area contributed by atoms with Gasteiger partial charge in [0.05, 0.1) is 0 Å². The van der Waals surface area contributed by atoms with E-state index in [1.807, 2.05) is 42.6 Å². The third-order valence-corrected chi connectivity index (χ3v) is 4.23. The summed E-state index contributed by atoms with van der Waals surface area (Å²) >= 11 is 0. The van der Waals surface area contributed by atoms with Crippen LogP contribution < -0.4 is 14.8 Å². The molecule has 0 saturated carbocycles. The minimum Gasteiger partial charge on any atom is -0.454 e. The first kappa shape index (κ1) is 14.6. The van der Waals surface area contributed by atoms with Gasteiger partial charge in [-0.05, 0) is 35.7 Å². The summed E-state index contributed by atoms with van der Waals surface area (Å²) in [6, 6.07) is 13.9. The van der Waals surface area contributed by atoms with E-state index in [4.69, 9.17) is 9.47 Å². The molecule has 0 aliphatic carbocycles. The fraction of sp³-hybridized carbons (Fsp3) is 0.211. The van der Waals surface area contributed by atoms with Crippen molar-refractivity contribution in [1.29, 1.82) is 0 Å². The van der Waals surface area contributed by atoms with Crippen molar-refractivity contribution < 1.29 is 14.3 Å². The Morgan fingerprint density at radius 2 is 2.00 bits per heavy atom. The highest BCUT2D eigenvalue weighted by Crippen LogP contribution is 2.32. The molecule has 0 saturated heterocycles. The number of rotatable bonds is 5. The Morgan fingerprint density at radius 1 is 1.12 bits per heavy atom. The highest BCUT2D eigenvalue weighted by atomic mass is 16.7. The van der Waals surface area contributed by atoms with Gasteiger partial charge in [-0.3, -0.25) is 4.79 Å². The van der Waals surface area contributed by atoms with Crippen LogP contribution in [0.2, 0.25) is 0 Å². The molecule has 5 nitrogen and oxygen atoms in total. The quantitative estimate of drug-likeness (QED) is 0.758. The first-order valence-corrected chi connectivity index (χ1v) is 8.00. The van der Waals surface area contributed by atoms with Crippen LogP contribution in [0.3, 0.4) is 0 Å². The molecule has 24 heavy (non-hydrogen) atoms. The van der Waals surface area contributed by atoms with Crippen LogP contribution in [0.5, 0.6) is 11.5 Å². The van der Waals surface area contributed by atoms with Gasteiger partial charge >= 0.3 is 0 Å². The molecule has 4 rings (SSSR count). The van der Waals surface area contributed by atoms with E-state index >= 15 is 0 Å². The summed E-state index contributed by atoms with van der Waals surface area (Å²) in [6.45, 7) is 0.799. The van der Waals surface area contributed by atoms with Gasteiger partial charge in [0.15, 0.2) is 11.5 Å². The van der Waals surface area contributed by atoms with Crippen LogP contribution in [0.4, 0.5) is 0 Å². The van der Waals surface area contributed by atoms with Gasteiger partial charge in [-0.2, -0.15) is 0 Å². The van der Waals surface area contributed by atoms with Crippen molar-refractivity contribution >= 4 is 16.8 Å². The summed E-state index contributed by atoms with van der Waals surface area (Å²) < 4.78 is 10.6. The summed E-state index contributed by atoms with van der Waals surface area (Å²) in [5.41, 5.74) is 3.26. The second-order valence-electron chi connectivity index (χ2n) is 5.82. The van der Waals surface area contributed by atoms with Crippen LogP contribution in [0.25, 0.3) is 10.9 Å². The number of ether oxygens (including phenoxy) is 2. The van der Waals surface area contributed by atoms with Crippen molar-refractivity contribution in [2.45, 2.75) is 19.4 Å². The molecule has 1 amide bonds. The topological polar surface area (TPSA) is 63.4 Å². The van der Waals surface area contributed by atoms with Crippen LogP contribution in [0.15, 0.2) is 48.7 Å². The lowest BCUT2D eigenvalue weighted by atomic mass is 10.1. The Kier molecular flexibility index (Phi) is 3.83. The van der Waals surface area contributed by atoms with Gasteiger partial charge in [-0.1, -0.05) is 24.3 Å². The Hall–Kier alpha value is -2.95. The van der Waals surface area contributed by atoms with Crippen molar-refractivity contribution in [3.8, 4) is 11.5 Å². The number of para-hydroxylation sites is 1. The van der Waals surface area contributed by atoms with E-state index in [-0.39, 0.29) is 12.7 Å². The number of carbonyl (C=O) groups excluding carboxylic acids is 1. The monoisotopic (exact) mass is 322 g/mol. The molecule has 0 fully saturated rings. The highest BCUT2D eigenvalue weighted by molar-refractivity contribution is 5.84. The number of benzene rings is 2. The average Bonchev–Trinajstić information content (AvgIpc) is 3.24. The maximum Gasteiger partial charge on any atom is 0.231 e. The molecule has 1 aliphatic rings. The molecule has 122 valence electrons. The van der Waals surface area contributed by atoms with E-state index in [0.717, 1.165) is 33.5 Å². The molecule has 0 bridgehead atoms. The number of hydrogen-bond donors (Lipinski definition) is 2. The fourth-order valence-corrected chi connectivity index (χ4v) is 2.91. The number of carbonyl (C=O) groups is 1. The zero-order valence-electron chi connectivity index (χ0n) is 13.2. The van der Waals surface area contributed by atoms with Crippen molar-refractivity contribution in [2.24, 2.45) is 0 Å². The van der Waals surface area contributed by atoms with Crippen LogP contribution in [-0.2, 0) is 17.8 Å². The number of amides is 1. The van der Waals surface area contributed by atoms with Gasteiger partial charge in [0.2, 0.25) is 12.7 Å². The van der Waals surface area contributed by atoms with Crippen molar-refractivity contribution in [2.75, 3.05) is 6.79 Å². The molecule has 1 aliphatic heterocycles. The lowest BCUT2D eigenvalue weighted by Gasteiger charge is -2.06. The Labute approximate surface area is 139 Å². The number of hydrogen-bond acceptors (Lipinski definition) is 3. The summed E-state index contributed by atoms with van der Waals surface area (Å²) in [5, 5.41) is 4.13. The highest BCUT2D eigenvalue weighted by Gasteiger charge is 2.13. The normalized spacial score (nSPS) is 12.5. The number of aryl methyl sites for hydroxylation is 1. The van der Waals surface area contributed by atoms with E-state index in [2.05, 4.69) is 16.4 Å². The van der Waals surface area contributed by atoms with Gasteiger partial charge in [0.1, 0.15) is 0 Å². The lowest BCUT2D eigenvalue weighted by molar-refractivity contribution is -0.121. The first-order chi connectivity index (χ1) is 11.8. The largest absolute Gasteiger partial charge is 0.454 e. The Balaban J connectivity index is 1.32. The third kappa shape index (κ3) is 2.93. The van der Waals surface area contributed by atoms with E-state index in [9.17, 15) is 4.79 Å². The number of aromatic nitrogens is 1. The lowest BCUT2D eigenvalue weighted by Crippen LogP contribution is -2.22. The van der Waals surface area contributed by atoms with E-state index in [1.165, 1.54) is 0 Å². The van der Waals surface area contributed by atoms with Crippen LogP contribution >= 0.6 is 0 Å². The molecular formula is C19H18N2O3. The van der Waals surface area contributed by atoms with E-state index in [1.54, 1.807) is 0 Å². The zero-order chi connectivity index (χ0) is 16.4. The average molecular weight is 322 g/mol. The molecule has 5 heteroatoms. The molecule has 0 radical (unpaired) electrons. The summed E-state index contributed by atoms with van der Waals surface area (Å²) in [5.74, 6) is 1.56. The minimum atomic E-state index is 0.0398. The maximum atomic E-state index is 12.1. The number of nitrogens with one attached hydrogen (secondary N) is 2. The first-order valence-electron chi connectivity index (χ1n) is 8.00. The van der Waals surface area contributed by atoms with Gasteiger partial charge in [0.25, 0.3) is 0 Å². The smallest absolute Gasteiger partial charge is 0.231 e. The summed E-state index contributed by atoms with van der Waals surface area (Å²) in [7, 11) is 0. The molecule has 0 spiro atoms. The molecule has 3 aromatic rings. The van der Waals surface area contributed by atoms with E-state index < -0.39 is 0 Å². The SMILES string of the molecule is O=C(CCc1ccc2c(c1)OCO2)NCc1c[nH]c2ccccc12. The number of fused-ring (bicyclic) bond motifs is 2. The Bertz CT molecular complexity index is 885. The van der Waals surface area contributed by atoms with E-state index in [0.29, 0.717) is 19.4 Å². The van der Waals surface area contributed by atoms with Crippen molar-refractivity contribution in [3.05, 3.63) is 59.8 Å². The molecule has 2 heterocycles. The van der Waals surface area contributed by atoms with Crippen molar-refractivity contribution in [1.82, 2.24) is 10.3 Å². The maximum absolute atomic E-state index is 12.1. The molecule has 0 atom stereocenters. The predicted molar refractivity (Wildman–Crippen MR) is 91.0 cm³/mol. The van der Waals surface area contributed by atoms with Crippen LogP contribution in [0.1, 0.15) is 17.5 Å². The van der Waals surface area contributed by atoms with Crippen molar-refractivity contribution in [3.63, 3.8) is 0 Å². The standard InChI is InChI=1S/C19H18N2O3/c22-19(8-6-13-5-7-17-18(9-13)24-12-23-17)21-11-14-10-20-16-4-2-1-3-15(14)16/h1-5,7,9-10,20H,6,8,11-12H2,(H,21,22). The second kappa shape index (κ2) is 6.28. The third-order valence-electron chi connectivity index (χ3n) is 4.23. The van der Waals surface area contributed by atoms with Crippen LogP contribution in [0, 0.1) is 0 Å². The number of H-pyrrole nitrogens is 1. The van der Waals surface area contributed by atoms with Crippen LogP contribution in [-0.4, -0.2) is 17.7 Å².